The van der Waals surface area contributed by atoms with Crippen LogP contribution < -0.4 is 11.1 Å². The molecule has 2 unspecified atom stereocenters. The predicted octanol–water partition coefficient (Wildman–Crippen LogP) is 2.90. The lowest BCUT2D eigenvalue weighted by molar-refractivity contribution is -0.131. The summed E-state index contributed by atoms with van der Waals surface area (Å²) in [6.07, 6.45) is 0.617. The molecule has 1 saturated heterocycles. The lowest BCUT2D eigenvalue weighted by Crippen LogP contribution is -2.46. The first-order valence-corrected chi connectivity index (χ1v) is 11.2. The first kappa shape index (κ1) is 22.3. The number of nitrogens with two attached hydrogens (primary N) is 1. The third-order valence-electron chi connectivity index (χ3n) is 5.71. The van der Waals surface area contributed by atoms with E-state index >= 15 is 0 Å². The summed E-state index contributed by atoms with van der Waals surface area (Å²) in [7, 11) is 0. The number of carbonyl (C=O) groups excluding carboxylic acids is 2. The Morgan fingerprint density at radius 2 is 1.69 bits per heavy atom. The number of halogens is 2. The summed E-state index contributed by atoms with van der Waals surface area (Å²) in [5, 5.41) is 3.25. The normalized spacial score (nSPS) is 21.0. The van der Waals surface area contributed by atoms with E-state index in [1.54, 1.807) is 36.1 Å². The minimum absolute atomic E-state index is 0.0627. The summed E-state index contributed by atoms with van der Waals surface area (Å²) in [6, 6.07) is 11.9. The van der Waals surface area contributed by atoms with Gasteiger partial charge >= 0.3 is 0 Å². The number of primary amides is 1. The zero-order chi connectivity index (χ0) is 22.8. The van der Waals surface area contributed by atoms with Crippen LogP contribution in [-0.2, 0) is 22.7 Å². The average Bonchev–Trinajstić information content (AvgIpc) is 3.29. The monoisotopic (exact) mass is 458 g/mol. The van der Waals surface area contributed by atoms with Gasteiger partial charge in [-0.1, -0.05) is 36.0 Å². The number of likely N-dealkylation sites (tertiary alicyclic amines) is 1. The van der Waals surface area contributed by atoms with Crippen molar-refractivity contribution in [2.45, 2.75) is 38.0 Å². The van der Waals surface area contributed by atoms with E-state index in [-0.39, 0.29) is 23.6 Å². The highest BCUT2D eigenvalue weighted by molar-refractivity contribution is 8.04. The van der Waals surface area contributed by atoms with E-state index in [1.165, 1.54) is 36.0 Å². The minimum atomic E-state index is -0.531. The molecule has 0 radical (unpaired) electrons. The van der Waals surface area contributed by atoms with Crippen LogP contribution in [0.25, 0.3) is 0 Å². The minimum Gasteiger partial charge on any atom is -0.365 e. The molecule has 9 heteroatoms. The van der Waals surface area contributed by atoms with Crippen molar-refractivity contribution in [1.29, 1.82) is 0 Å². The lowest BCUT2D eigenvalue weighted by Gasteiger charge is -2.34. The maximum atomic E-state index is 13.3. The zero-order valence-corrected chi connectivity index (χ0v) is 18.4. The number of rotatable bonds is 7. The number of thioether (sulfide) groups is 1. The van der Waals surface area contributed by atoms with Gasteiger partial charge in [-0.3, -0.25) is 9.59 Å². The summed E-state index contributed by atoms with van der Waals surface area (Å²) in [4.78, 5) is 29.3. The molecule has 2 atom stereocenters. The second kappa shape index (κ2) is 9.30. The van der Waals surface area contributed by atoms with E-state index in [9.17, 15) is 18.4 Å². The maximum absolute atomic E-state index is 13.3. The van der Waals surface area contributed by atoms with Crippen LogP contribution in [0.4, 0.5) is 8.78 Å². The Morgan fingerprint density at radius 3 is 2.28 bits per heavy atom. The lowest BCUT2D eigenvalue weighted by atomic mass is 10.2. The van der Waals surface area contributed by atoms with E-state index in [4.69, 9.17) is 5.73 Å². The number of amides is 2. The summed E-state index contributed by atoms with van der Waals surface area (Å²) in [6.45, 7) is 3.20. The van der Waals surface area contributed by atoms with Gasteiger partial charge in [0, 0.05) is 25.3 Å². The van der Waals surface area contributed by atoms with Crippen molar-refractivity contribution in [3.8, 4) is 0 Å². The molecule has 2 aromatic carbocycles. The molecule has 0 aromatic heterocycles. The molecule has 2 heterocycles. The Bertz CT molecular complexity index is 1040. The molecule has 2 aromatic rings. The molecule has 3 N–H and O–H groups in total. The van der Waals surface area contributed by atoms with Crippen molar-refractivity contribution in [2.75, 3.05) is 6.54 Å². The third-order valence-corrected chi connectivity index (χ3v) is 7.16. The highest BCUT2D eigenvalue weighted by Gasteiger charge is 2.43. The second-order valence-corrected chi connectivity index (χ2v) is 8.92. The molecular formula is C23H24F2N4O2S. The largest absolute Gasteiger partial charge is 0.365 e. The average molecular weight is 459 g/mol. The zero-order valence-electron chi connectivity index (χ0n) is 17.6. The molecule has 0 aliphatic carbocycles. The SMILES string of the molecule is CC1=C(C(N)=O)SC(N2CCC(NCc3ccc(F)cc3)C2=O)N1Cc1ccc(F)cc1. The van der Waals surface area contributed by atoms with Gasteiger partial charge in [0.2, 0.25) is 5.91 Å². The number of hydrogen-bond donors (Lipinski definition) is 2. The quantitative estimate of drug-likeness (QED) is 0.667. The molecule has 6 nitrogen and oxygen atoms in total. The van der Waals surface area contributed by atoms with E-state index in [2.05, 4.69) is 5.32 Å². The number of nitrogens with zero attached hydrogens (tertiary/aromatic N) is 2. The van der Waals surface area contributed by atoms with Crippen molar-refractivity contribution in [2.24, 2.45) is 5.73 Å². The van der Waals surface area contributed by atoms with Crippen LogP contribution in [0, 0.1) is 11.6 Å². The van der Waals surface area contributed by atoms with Gasteiger partial charge in [0.1, 0.15) is 11.6 Å². The van der Waals surface area contributed by atoms with Crippen LogP contribution in [0.2, 0.25) is 0 Å². The van der Waals surface area contributed by atoms with Gasteiger partial charge in [0.15, 0.2) is 5.50 Å². The molecule has 1 fully saturated rings. The first-order chi connectivity index (χ1) is 15.3. The Balaban J connectivity index is 1.47. The number of nitrogens with one attached hydrogen (secondary N) is 1. The van der Waals surface area contributed by atoms with Crippen molar-refractivity contribution < 1.29 is 18.4 Å². The van der Waals surface area contributed by atoms with E-state index in [0.717, 1.165) is 11.1 Å². The second-order valence-electron chi connectivity index (χ2n) is 7.86. The summed E-state index contributed by atoms with van der Waals surface area (Å²) in [5.74, 6) is -1.22. The number of hydrogen-bond acceptors (Lipinski definition) is 5. The van der Waals surface area contributed by atoms with Crippen molar-refractivity contribution >= 4 is 23.6 Å². The maximum Gasteiger partial charge on any atom is 0.257 e. The van der Waals surface area contributed by atoms with Crippen LogP contribution in [0.5, 0.6) is 0 Å². The molecule has 2 amide bonds. The van der Waals surface area contributed by atoms with Crippen molar-refractivity contribution in [3.63, 3.8) is 0 Å². The molecule has 2 aliphatic rings. The molecule has 0 spiro atoms. The van der Waals surface area contributed by atoms with E-state index in [0.29, 0.717) is 36.7 Å². The van der Waals surface area contributed by atoms with Crippen LogP contribution in [0.15, 0.2) is 59.1 Å². The summed E-state index contributed by atoms with van der Waals surface area (Å²) in [5.41, 5.74) is 7.61. The molecule has 2 aliphatic heterocycles. The molecule has 32 heavy (non-hydrogen) atoms. The van der Waals surface area contributed by atoms with Crippen LogP contribution >= 0.6 is 11.8 Å². The molecule has 168 valence electrons. The smallest absolute Gasteiger partial charge is 0.257 e. The van der Waals surface area contributed by atoms with Gasteiger partial charge in [0.25, 0.3) is 5.91 Å². The van der Waals surface area contributed by atoms with Crippen LogP contribution in [0.3, 0.4) is 0 Å². The third kappa shape index (κ3) is 4.63. The Kier molecular flexibility index (Phi) is 6.48. The summed E-state index contributed by atoms with van der Waals surface area (Å²) >= 11 is 1.27. The highest BCUT2D eigenvalue weighted by Crippen LogP contribution is 2.41. The van der Waals surface area contributed by atoms with Gasteiger partial charge in [-0.25, -0.2) is 8.78 Å². The fraction of sp³-hybridized carbons (Fsp3) is 0.304. The van der Waals surface area contributed by atoms with Crippen molar-refractivity contribution in [1.82, 2.24) is 15.1 Å². The topological polar surface area (TPSA) is 78.7 Å². The molecule has 0 bridgehead atoms. The van der Waals surface area contributed by atoms with Gasteiger partial charge in [0.05, 0.1) is 10.9 Å². The fourth-order valence-corrected chi connectivity index (χ4v) is 5.27. The van der Waals surface area contributed by atoms with E-state index < -0.39 is 11.4 Å². The predicted molar refractivity (Wildman–Crippen MR) is 119 cm³/mol. The van der Waals surface area contributed by atoms with Gasteiger partial charge in [-0.15, -0.1) is 0 Å². The Labute approximate surface area is 189 Å². The molecule has 4 rings (SSSR count). The highest BCUT2D eigenvalue weighted by atomic mass is 32.2. The van der Waals surface area contributed by atoms with Gasteiger partial charge < -0.3 is 20.9 Å². The Morgan fingerprint density at radius 1 is 1.09 bits per heavy atom. The summed E-state index contributed by atoms with van der Waals surface area (Å²) < 4.78 is 26.4. The van der Waals surface area contributed by atoms with Gasteiger partial charge in [-0.05, 0) is 48.7 Å². The molecule has 0 saturated carbocycles. The Hall–Kier alpha value is -2.91. The number of benzene rings is 2. The van der Waals surface area contributed by atoms with Crippen LogP contribution in [-0.4, -0.2) is 39.7 Å². The van der Waals surface area contributed by atoms with Crippen molar-refractivity contribution in [3.05, 3.63) is 81.9 Å². The standard InChI is InChI=1S/C23H24F2N4O2S/c1-14-20(21(26)30)32-23(29(14)13-16-4-8-18(25)9-5-16)28-11-10-19(22(28)31)27-12-15-2-6-17(24)7-3-15/h2-9,19,23,27H,10-13H2,1H3,(H2,26,30). The first-order valence-electron chi connectivity index (χ1n) is 10.3. The van der Waals surface area contributed by atoms with Gasteiger partial charge in [-0.2, -0.15) is 0 Å². The van der Waals surface area contributed by atoms with Crippen LogP contribution in [0.1, 0.15) is 24.5 Å². The molecular weight excluding hydrogens is 434 g/mol. The number of allylic oxidation sites excluding steroid dienone is 1. The number of carbonyl (C=O) groups is 2. The van der Waals surface area contributed by atoms with E-state index in [1.807, 2.05) is 4.90 Å². The fourth-order valence-electron chi connectivity index (χ4n) is 3.96.